The Morgan fingerprint density at radius 1 is 1.50 bits per heavy atom. The van der Waals surface area contributed by atoms with E-state index in [0.717, 1.165) is 0 Å². The van der Waals surface area contributed by atoms with Crippen LogP contribution in [0.5, 0.6) is 0 Å². The number of nitrogens with two attached hydrogens (primary N) is 2. The highest BCUT2D eigenvalue weighted by atomic mass is 16.4. The van der Waals surface area contributed by atoms with Crippen LogP contribution in [0.2, 0.25) is 0 Å². The summed E-state index contributed by atoms with van der Waals surface area (Å²) in [5.41, 5.74) is 11.4. The number of carboxylic acid groups (broad SMARTS) is 1. The van der Waals surface area contributed by atoms with Crippen molar-refractivity contribution in [3.8, 4) is 0 Å². The Balaban J connectivity index is 4.76. The molecule has 0 unspecified atom stereocenters. The van der Waals surface area contributed by atoms with Crippen molar-refractivity contribution in [2.45, 2.75) is 19.4 Å². The average Bonchev–Trinajstić information content (AvgIpc) is 2.18. The van der Waals surface area contributed by atoms with Crippen LogP contribution in [-0.2, 0) is 9.59 Å². The van der Waals surface area contributed by atoms with Crippen molar-refractivity contribution in [2.24, 2.45) is 11.5 Å². The predicted molar refractivity (Wildman–Crippen MR) is 61.5 cm³/mol. The molecule has 0 rings (SSSR count). The number of hydrogen-bond acceptors (Lipinski definition) is 4. The summed E-state index contributed by atoms with van der Waals surface area (Å²) in [5.74, 6) is -1.61. The lowest BCUT2D eigenvalue weighted by atomic mass is 10.0. The van der Waals surface area contributed by atoms with Crippen molar-refractivity contribution < 1.29 is 14.7 Å². The highest BCUT2D eigenvalue weighted by Crippen LogP contribution is 2.09. The Hall–Kier alpha value is -1.88. The van der Waals surface area contributed by atoms with E-state index < -0.39 is 17.8 Å². The molecule has 0 aliphatic heterocycles. The minimum atomic E-state index is -1.21. The van der Waals surface area contributed by atoms with Crippen LogP contribution < -0.4 is 11.5 Å². The summed E-state index contributed by atoms with van der Waals surface area (Å²) in [6.45, 7) is 5.09. The van der Waals surface area contributed by atoms with Crippen LogP contribution in [0.15, 0.2) is 36.1 Å². The number of ketones is 1. The van der Waals surface area contributed by atoms with Gasteiger partial charge in [-0.3, -0.25) is 9.59 Å². The Morgan fingerprint density at radius 2 is 2.06 bits per heavy atom. The van der Waals surface area contributed by atoms with Gasteiger partial charge in [0.2, 0.25) is 0 Å². The lowest BCUT2D eigenvalue weighted by Crippen LogP contribution is -2.33. The molecule has 1 atom stereocenters. The van der Waals surface area contributed by atoms with E-state index in [-0.39, 0.29) is 17.7 Å². The molecule has 0 spiro atoms. The summed E-state index contributed by atoms with van der Waals surface area (Å²) in [5, 5.41) is 8.57. The van der Waals surface area contributed by atoms with E-state index in [1.54, 1.807) is 6.92 Å². The third kappa shape index (κ3) is 4.10. The predicted octanol–water partition coefficient (Wildman–Crippen LogP) is 0.332. The summed E-state index contributed by atoms with van der Waals surface area (Å²) in [4.78, 5) is 22.1. The minimum absolute atomic E-state index is 0.250. The molecular weight excluding hydrogens is 208 g/mol. The van der Waals surface area contributed by atoms with Crippen LogP contribution in [0.4, 0.5) is 0 Å². The molecule has 0 heterocycles. The van der Waals surface area contributed by atoms with Gasteiger partial charge < -0.3 is 16.6 Å². The molecule has 5 N–H and O–H groups in total. The number of carboxylic acids is 1. The quantitative estimate of drug-likeness (QED) is 0.445. The van der Waals surface area contributed by atoms with Crippen molar-refractivity contribution in [2.75, 3.05) is 0 Å². The molecule has 0 fully saturated rings. The Labute approximate surface area is 94.1 Å². The lowest BCUT2D eigenvalue weighted by molar-refractivity contribution is -0.139. The molecular formula is C11H16N2O3. The second kappa shape index (κ2) is 6.58. The zero-order valence-corrected chi connectivity index (χ0v) is 9.14. The van der Waals surface area contributed by atoms with Gasteiger partial charge in [0.05, 0.1) is 0 Å². The van der Waals surface area contributed by atoms with E-state index in [9.17, 15) is 9.59 Å². The number of aliphatic carboxylic acids is 1. The maximum Gasteiger partial charge on any atom is 0.320 e. The molecule has 16 heavy (non-hydrogen) atoms. The Bertz CT molecular complexity index is 356. The van der Waals surface area contributed by atoms with E-state index in [2.05, 4.69) is 6.58 Å². The highest BCUT2D eigenvalue weighted by molar-refractivity contribution is 6.01. The first kappa shape index (κ1) is 14.1. The van der Waals surface area contributed by atoms with Crippen molar-refractivity contribution in [1.82, 2.24) is 0 Å². The maximum atomic E-state index is 11.6. The highest BCUT2D eigenvalue weighted by Gasteiger charge is 2.19. The van der Waals surface area contributed by atoms with Crippen LogP contribution in [0.3, 0.4) is 0 Å². The number of carbonyl (C=O) groups is 2. The summed E-state index contributed by atoms with van der Waals surface area (Å²) < 4.78 is 0. The van der Waals surface area contributed by atoms with Gasteiger partial charge in [-0.25, -0.2) is 0 Å². The molecule has 88 valence electrons. The van der Waals surface area contributed by atoms with E-state index in [1.165, 1.54) is 18.2 Å². The first-order chi connectivity index (χ1) is 7.43. The van der Waals surface area contributed by atoms with Gasteiger partial charge in [-0.05, 0) is 13.0 Å². The molecule has 0 saturated heterocycles. The summed E-state index contributed by atoms with van der Waals surface area (Å²) in [6, 6.07) is -1.21. The van der Waals surface area contributed by atoms with Gasteiger partial charge >= 0.3 is 5.97 Å². The monoisotopic (exact) mass is 224 g/mol. The summed E-state index contributed by atoms with van der Waals surface area (Å²) in [7, 11) is 0. The van der Waals surface area contributed by atoms with Crippen LogP contribution in [-0.4, -0.2) is 22.9 Å². The first-order valence-corrected chi connectivity index (χ1v) is 4.70. The second-order valence-electron chi connectivity index (χ2n) is 3.13. The van der Waals surface area contributed by atoms with Crippen LogP contribution in [0.25, 0.3) is 0 Å². The van der Waals surface area contributed by atoms with Crippen molar-refractivity contribution in [3.63, 3.8) is 0 Å². The van der Waals surface area contributed by atoms with E-state index >= 15 is 0 Å². The zero-order chi connectivity index (χ0) is 12.7. The van der Waals surface area contributed by atoms with Gasteiger partial charge in [0, 0.05) is 17.7 Å². The van der Waals surface area contributed by atoms with E-state index in [1.807, 2.05) is 0 Å². The number of hydrogen-bond donors (Lipinski definition) is 3. The summed E-state index contributed by atoms with van der Waals surface area (Å²) >= 11 is 0. The molecule has 0 aliphatic carbocycles. The van der Waals surface area contributed by atoms with Gasteiger partial charge in [-0.2, -0.15) is 0 Å². The fraction of sp³-hybridized carbons (Fsp3) is 0.273. The SMILES string of the molecule is C=C/C=C(N)\C(=C/C)C(=O)C[C@H](N)C(=O)O. The van der Waals surface area contributed by atoms with Gasteiger partial charge in [-0.15, -0.1) is 0 Å². The van der Waals surface area contributed by atoms with Crippen LogP contribution in [0.1, 0.15) is 13.3 Å². The molecule has 0 aromatic rings. The number of Topliss-reactive ketones (excluding diaryl/α,β-unsaturated/α-hetero) is 1. The molecule has 0 aliphatic rings. The molecule has 0 amide bonds. The van der Waals surface area contributed by atoms with Crippen LogP contribution >= 0.6 is 0 Å². The number of allylic oxidation sites excluding steroid dienone is 4. The third-order valence-electron chi connectivity index (χ3n) is 1.92. The number of carbonyl (C=O) groups excluding carboxylic acids is 1. The van der Waals surface area contributed by atoms with Gasteiger partial charge in [-0.1, -0.05) is 18.7 Å². The van der Waals surface area contributed by atoms with Crippen molar-refractivity contribution in [1.29, 1.82) is 0 Å². The van der Waals surface area contributed by atoms with Gasteiger partial charge in [0.25, 0.3) is 0 Å². The minimum Gasteiger partial charge on any atom is -0.480 e. The van der Waals surface area contributed by atoms with E-state index in [0.29, 0.717) is 0 Å². The molecule has 0 aromatic heterocycles. The molecule has 0 bridgehead atoms. The second-order valence-corrected chi connectivity index (χ2v) is 3.13. The molecule has 5 nitrogen and oxygen atoms in total. The molecule has 5 heteroatoms. The normalized spacial score (nSPS) is 14.4. The first-order valence-electron chi connectivity index (χ1n) is 4.70. The lowest BCUT2D eigenvalue weighted by Gasteiger charge is -2.08. The third-order valence-corrected chi connectivity index (χ3v) is 1.92. The molecule has 0 saturated carbocycles. The zero-order valence-electron chi connectivity index (χ0n) is 9.14. The fourth-order valence-electron chi connectivity index (χ4n) is 1.10. The van der Waals surface area contributed by atoms with Crippen molar-refractivity contribution >= 4 is 11.8 Å². The van der Waals surface area contributed by atoms with Crippen molar-refractivity contribution in [3.05, 3.63) is 36.1 Å². The molecule has 0 aromatic carbocycles. The molecule has 0 radical (unpaired) electrons. The fourth-order valence-corrected chi connectivity index (χ4v) is 1.10. The Kier molecular flexibility index (Phi) is 5.80. The van der Waals surface area contributed by atoms with Crippen LogP contribution in [0, 0.1) is 0 Å². The van der Waals surface area contributed by atoms with Gasteiger partial charge in [0.1, 0.15) is 6.04 Å². The topological polar surface area (TPSA) is 106 Å². The van der Waals surface area contributed by atoms with Gasteiger partial charge in [0.15, 0.2) is 5.78 Å². The Morgan fingerprint density at radius 3 is 2.44 bits per heavy atom. The maximum absolute atomic E-state index is 11.6. The number of rotatable bonds is 6. The van der Waals surface area contributed by atoms with E-state index in [4.69, 9.17) is 16.6 Å². The smallest absolute Gasteiger partial charge is 0.320 e. The average molecular weight is 224 g/mol. The standard InChI is InChI=1S/C11H16N2O3/c1-3-5-8(12)7(4-2)10(14)6-9(13)11(15)16/h3-5,9H,1,6,12-13H2,2H3,(H,15,16)/b7-4+,8-5+/t9-/m0/s1. The largest absolute Gasteiger partial charge is 0.480 e. The summed E-state index contributed by atoms with van der Waals surface area (Å²) in [6.07, 6.45) is 4.16.